The van der Waals surface area contributed by atoms with Crippen molar-refractivity contribution in [3.63, 3.8) is 0 Å². The van der Waals surface area contributed by atoms with Crippen LogP contribution in [0.25, 0.3) is 17.0 Å². The van der Waals surface area contributed by atoms with E-state index < -0.39 is 0 Å². The van der Waals surface area contributed by atoms with Crippen LogP contribution in [0.15, 0.2) is 54.6 Å². The molecule has 8 heteroatoms. The number of benzene rings is 2. The van der Waals surface area contributed by atoms with E-state index in [2.05, 4.69) is 20.6 Å². The maximum absolute atomic E-state index is 12.3. The van der Waals surface area contributed by atoms with Gasteiger partial charge in [0.05, 0.1) is 13.7 Å². The molecule has 2 aromatic carbocycles. The molecular weight excluding hydrogens is 394 g/mol. The maximum atomic E-state index is 12.3. The quantitative estimate of drug-likeness (QED) is 0.464. The number of hydrogen-bond acceptors (Lipinski definition) is 6. The zero-order valence-corrected chi connectivity index (χ0v) is 17.6. The molecule has 0 saturated heterocycles. The van der Waals surface area contributed by atoms with Gasteiger partial charge < -0.3 is 14.8 Å². The number of hydrogen-bond donors (Lipinski definition) is 1. The minimum atomic E-state index is -0.127. The monoisotopic (exact) mass is 417 g/mol. The number of amides is 1. The van der Waals surface area contributed by atoms with Gasteiger partial charge in [0.1, 0.15) is 12.4 Å². The molecule has 8 nitrogen and oxygen atoms in total. The highest BCUT2D eigenvalue weighted by molar-refractivity contribution is 5.94. The number of aryl methyl sites for hydroxylation is 2. The van der Waals surface area contributed by atoms with Gasteiger partial charge in [0.15, 0.2) is 11.5 Å². The van der Waals surface area contributed by atoms with Crippen LogP contribution in [0.3, 0.4) is 0 Å². The van der Waals surface area contributed by atoms with Crippen LogP contribution >= 0.6 is 0 Å². The standard InChI is InChI=1S/C23H23N5O3/c1-15-11-16(2)13-18(12-15)23(29)24-9-10-31-21-8-7-20-25-26-22(28(20)27-21)17-5-4-6-19(14-17)30-3/h4-8,11-14H,9-10H2,1-3H3,(H,24,29). The molecule has 4 rings (SSSR count). The van der Waals surface area contributed by atoms with E-state index in [1.165, 1.54) is 0 Å². The third-order valence-corrected chi connectivity index (χ3v) is 4.69. The van der Waals surface area contributed by atoms with Crippen LogP contribution in [-0.2, 0) is 0 Å². The molecule has 2 aromatic heterocycles. The number of carbonyl (C=O) groups excluding carboxylic acids is 1. The highest BCUT2D eigenvalue weighted by Crippen LogP contribution is 2.23. The third-order valence-electron chi connectivity index (χ3n) is 4.69. The van der Waals surface area contributed by atoms with Crippen molar-refractivity contribution >= 4 is 11.6 Å². The highest BCUT2D eigenvalue weighted by atomic mass is 16.5. The van der Waals surface area contributed by atoms with E-state index in [-0.39, 0.29) is 12.5 Å². The fourth-order valence-electron chi connectivity index (χ4n) is 3.32. The van der Waals surface area contributed by atoms with E-state index in [4.69, 9.17) is 9.47 Å². The Balaban J connectivity index is 1.41. The number of nitrogens with zero attached hydrogens (tertiary/aromatic N) is 4. The van der Waals surface area contributed by atoms with Gasteiger partial charge in [0.25, 0.3) is 5.91 Å². The molecule has 0 unspecified atom stereocenters. The van der Waals surface area contributed by atoms with E-state index in [1.54, 1.807) is 23.8 Å². The molecule has 0 saturated carbocycles. The van der Waals surface area contributed by atoms with Gasteiger partial charge in [-0.25, -0.2) is 0 Å². The molecule has 0 aliphatic carbocycles. The minimum absolute atomic E-state index is 0.127. The van der Waals surface area contributed by atoms with E-state index in [1.807, 2.05) is 56.3 Å². The van der Waals surface area contributed by atoms with Crippen LogP contribution in [-0.4, -0.2) is 46.0 Å². The zero-order valence-electron chi connectivity index (χ0n) is 17.6. The second-order valence-corrected chi connectivity index (χ2v) is 7.18. The van der Waals surface area contributed by atoms with Gasteiger partial charge in [-0.15, -0.1) is 15.3 Å². The fourth-order valence-corrected chi connectivity index (χ4v) is 3.32. The smallest absolute Gasteiger partial charge is 0.251 e. The molecule has 0 aliphatic heterocycles. The molecule has 2 heterocycles. The molecule has 0 spiro atoms. The van der Waals surface area contributed by atoms with Crippen LogP contribution in [0.4, 0.5) is 0 Å². The second-order valence-electron chi connectivity index (χ2n) is 7.18. The number of nitrogens with one attached hydrogen (secondary N) is 1. The Kier molecular flexibility index (Phi) is 5.79. The first-order valence-corrected chi connectivity index (χ1v) is 9.89. The molecule has 0 aliphatic rings. The van der Waals surface area contributed by atoms with Gasteiger partial charge in [-0.2, -0.15) is 4.52 Å². The topological polar surface area (TPSA) is 90.6 Å². The molecule has 158 valence electrons. The Labute approximate surface area is 179 Å². The van der Waals surface area contributed by atoms with Crippen molar-refractivity contribution in [2.45, 2.75) is 13.8 Å². The van der Waals surface area contributed by atoms with Crippen molar-refractivity contribution in [3.05, 3.63) is 71.3 Å². The highest BCUT2D eigenvalue weighted by Gasteiger charge is 2.12. The van der Waals surface area contributed by atoms with Crippen LogP contribution in [0, 0.1) is 13.8 Å². The van der Waals surface area contributed by atoms with E-state index in [0.29, 0.717) is 29.5 Å². The SMILES string of the molecule is COc1cccc(-c2nnc3ccc(OCCNC(=O)c4cc(C)cc(C)c4)nn23)c1. The predicted molar refractivity (Wildman–Crippen MR) is 117 cm³/mol. The predicted octanol–water partition coefficient (Wildman–Crippen LogP) is 3.23. The summed E-state index contributed by atoms with van der Waals surface area (Å²) in [6.07, 6.45) is 0. The van der Waals surface area contributed by atoms with Crippen molar-refractivity contribution in [1.29, 1.82) is 0 Å². The van der Waals surface area contributed by atoms with Crippen LogP contribution in [0.2, 0.25) is 0 Å². The average molecular weight is 417 g/mol. The van der Waals surface area contributed by atoms with Gasteiger partial charge in [0, 0.05) is 17.2 Å². The fraction of sp³-hybridized carbons (Fsp3) is 0.217. The van der Waals surface area contributed by atoms with Crippen molar-refractivity contribution in [2.24, 2.45) is 0 Å². The summed E-state index contributed by atoms with van der Waals surface area (Å²) < 4.78 is 12.6. The molecule has 0 atom stereocenters. The molecule has 0 bridgehead atoms. The summed E-state index contributed by atoms with van der Waals surface area (Å²) in [6.45, 7) is 4.58. The number of rotatable bonds is 7. The van der Waals surface area contributed by atoms with Gasteiger partial charge in [-0.05, 0) is 44.2 Å². The summed E-state index contributed by atoms with van der Waals surface area (Å²) >= 11 is 0. The van der Waals surface area contributed by atoms with Crippen molar-refractivity contribution in [2.75, 3.05) is 20.3 Å². The summed E-state index contributed by atoms with van der Waals surface area (Å²) in [6, 6.07) is 16.8. The third kappa shape index (κ3) is 4.63. The lowest BCUT2D eigenvalue weighted by atomic mass is 10.1. The Morgan fingerprint density at radius 3 is 2.61 bits per heavy atom. The largest absolute Gasteiger partial charge is 0.497 e. The Bertz CT molecular complexity index is 1210. The first kappa shape index (κ1) is 20.3. The summed E-state index contributed by atoms with van der Waals surface area (Å²) in [5.41, 5.74) is 4.19. The van der Waals surface area contributed by atoms with Crippen molar-refractivity contribution in [1.82, 2.24) is 25.1 Å². The van der Waals surface area contributed by atoms with Gasteiger partial charge in [-0.1, -0.05) is 29.3 Å². The van der Waals surface area contributed by atoms with E-state index in [9.17, 15) is 4.79 Å². The van der Waals surface area contributed by atoms with Gasteiger partial charge >= 0.3 is 0 Å². The number of aromatic nitrogens is 4. The van der Waals surface area contributed by atoms with Crippen molar-refractivity contribution in [3.8, 4) is 23.0 Å². The summed E-state index contributed by atoms with van der Waals surface area (Å²) in [4.78, 5) is 12.3. The Hall–Kier alpha value is -3.94. The van der Waals surface area contributed by atoms with Crippen molar-refractivity contribution < 1.29 is 14.3 Å². The molecule has 31 heavy (non-hydrogen) atoms. The minimum Gasteiger partial charge on any atom is -0.497 e. The number of methoxy groups -OCH3 is 1. The number of carbonyl (C=O) groups is 1. The van der Waals surface area contributed by atoms with Crippen LogP contribution in [0.1, 0.15) is 21.5 Å². The summed E-state index contributed by atoms with van der Waals surface area (Å²) in [7, 11) is 1.62. The molecule has 0 radical (unpaired) electrons. The first-order valence-electron chi connectivity index (χ1n) is 9.89. The molecular formula is C23H23N5O3. The normalized spacial score (nSPS) is 10.8. The average Bonchev–Trinajstić information content (AvgIpc) is 3.19. The lowest BCUT2D eigenvalue weighted by molar-refractivity contribution is 0.0946. The van der Waals surface area contributed by atoms with E-state index in [0.717, 1.165) is 22.4 Å². The number of fused-ring (bicyclic) bond motifs is 1. The Morgan fingerprint density at radius 1 is 1.03 bits per heavy atom. The van der Waals surface area contributed by atoms with E-state index >= 15 is 0 Å². The Morgan fingerprint density at radius 2 is 1.84 bits per heavy atom. The maximum Gasteiger partial charge on any atom is 0.251 e. The summed E-state index contributed by atoms with van der Waals surface area (Å²) in [5, 5.41) is 15.7. The molecule has 1 N–H and O–H groups in total. The van der Waals surface area contributed by atoms with Crippen LogP contribution in [0.5, 0.6) is 11.6 Å². The lowest BCUT2D eigenvalue weighted by Gasteiger charge is -2.09. The molecule has 0 fully saturated rings. The zero-order chi connectivity index (χ0) is 21.8. The molecule has 4 aromatic rings. The van der Waals surface area contributed by atoms with Crippen LogP contribution < -0.4 is 14.8 Å². The van der Waals surface area contributed by atoms with Gasteiger partial charge in [-0.3, -0.25) is 4.79 Å². The molecule has 1 amide bonds. The first-order chi connectivity index (χ1) is 15.0. The van der Waals surface area contributed by atoms with Gasteiger partial charge in [0.2, 0.25) is 5.88 Å². The summed E-state index contributed by atoms with van der Waals surface area (Å²) in [5.74, 6) is 1.60. The number of ether oxygens (including phenoxy) is 2. The second kappa shape index (κ2) is 8.83. The lowest BCUT2D eigenvalue weighted by Crippen LogP contribution is -2.28.